The predicted octanol–water partition coefficient (Wildman–Crippen LogP) is 2.74. The smallest absolute Gasteiger partial charge is 0.329 e. The van der Waals surface area contributed by atoms with Crippen molar-refractivity contribution in [2.75, 3.05) is 0 Å². The number of nitro benzene ring substituents is 1. The number of imide groups is 1. The molecule has 0 fully saturated rings. The quantitative estimate of drug-likeness (QED) is 0.285. The molecule has 2 aromatic carbocycles. The lowest BCUT2D eigenvalue weighted by Crippen LogP contribution is -2.43. The van der Waals surface area contributed by atoms with E-state index in [9.17, 15) is 24.5 Å². The largest absolute Gasteiger partial charge is 0.461 e. The summed E-state index contributed by atoms with van der Waals surface area (Å²) in [5, 5.41) is 11.2. The van der Waals surface area contributed by atoms with E-state index in [0.29, 0.717) is 21.6 Å². The highest BCUT2D eigenvalue weighted by atomic mass is 16.6. The molecule has 0 saturated carbocycles. The van der Waals surface area contributed by atoms with Gasteiger partial charge in [0.05, 0.1) is 11.0 Å². The molecule has 0 aromatic heterocycles. The van der Waals surface area contributed by atoms with Crippen LogP contribution in [0.4, 0.5) is 5.69 Å². The molecule has 2 aromatic rings. The summed E-state index contributed by atoms with van der Waals surface area (Å²) < 4.78 is 5.17. The molecule has 0 unspecified atom stereocenters. The Kier molecular flexibility index (Phi) is 6.97. The van der Waals surface area contributed by atoms with Crippen molar-refractivity contribution in [1.82, 2.24) is 4.90 Å². The average Bonchev–Trinajstić information content (AvgIpc) is 2.68. The summed E-state index contributed by atoms with van der Waals surface area (Å²) in [6.07, 6.45) is 0.0471. The zero-order valence-electron chi connectivity index (χ0n) is 15.5. The van der Waals surface area contributed by atoms with Crippen molar-refractivity contribution in [3.8, 4) is 11.1 Å². The van der Waals surface area contributed by atoms with Crippen molar-refractivity contribution in [1.29, 1.82) is 0 Å². The number of nitrogens with zero attached hydrogens (tertiary/aromatic N) is 2. The molecule has 0 aliphatic rings. The van der Waals surface area contributed by atoms with Crippen molar-refractivity contribution in [3.63, 3.8) is 0 Å². The van der Waals surface area contributed by atoms with Gasteiger partial charge in [0.1, 0.15) is 6.04 Å². The SMILES string of the molecule is CC(C)OC(=O)[C@H](Cc1ccc([N+](=O)[O-])cc1-c1ccccc1)N(C=O)C=O. The van der Waals surface area contributed by atoms with Crippen LogP contribution in [-0.2, 0) is 25.5 Å². The Labute approximate surface area is 161 Å². The number of ether oxygens (including phenoxy) is 1. The maximum atomic E-state index is 12.5. The van der Waals surface area contributed by atoms with Crippen LogP contribution in [-0.4, -0.2) is 40.8 Å². The van der Waals surface area contributed by atoms with E-state index in [0.717, 1.165) is 0 Å². The molecule has 0 bridgehead atoms. The number of hydrogen-bond donors (Lipinski definition) is 0. The third-order valence-corrected chi connectivity index (χ3v) is 4.03. The van der Waals surface area contributed by atoms with Gasteiger partial charge in [0.15, 0.2) is 0 Å². The second kappa shape index (κ2) is 9.40. The summed E-state index contributed by atoms with van der Waals surface area (Å²) in [6, 6.07) is 12.0. The molecule has 0 aliphatic heterocycles. The summed E-state index contributed by atoms with van der Waals surface area (Å²) in [7, 11) is 0. The summed E-state index contributed by atoms with van der Waals surface area (Å²) in [5.41, 5.74) is 1.71. The van der Waals surface area contributed by atoms with Crippen LogP contribution in [0.25, 0.3) is 11.1 Å². The van der Waals surface area contributed by atoms with Gasteiger partial charge in [-0.05, 0) is 30.5 Å². The van der Waals surface area contributed by atoms with Gasteiger partial charge in [-0.15, -0.1) is 0 Å². The molecule has 1 atom stereocenters. The van der Waals surface area contributed by atoms with E-state index in [2.05, 4.69) is 0 Å². The molecule has 0 N–H and O–H groups in total. The summed E-state index contributed by atoms with van der Waals surface area (Å²) in [6.45, 7) is 3.31. The number of non-ortho nitro benzene ring substituents is 1. The predicted molar refractivity (Wildman–Crippen MR) is 101 cm³/mol. The van der Waals surface area contributed by atoms with Crippen molar-refractivity contribution in [2.24, 2.45) is 0 Å². The Balaban J connectivity index is 2.51. The van der Waals surface area contributed by atoms with Gasteiger partial charge in [0.2, 0.25) is 12.8 Å². The first-order valence-corrected chi connectivity index (χ1v) is 8.58. The fourth-order valence-electron chi connectivity index (χ4n) is 2.74. The van der Waals surface area contributed by atoms with Crippen molar-refractivity contribution in [2.45, 2.75) is 32.4 Å². The number of carbonyl (C=O) groups excluding carboxylic acids is 3. The van der Waals surface area contributed by atoms with Gasteiger partial charge in [0.25, 0.3) is 5.69 Å². The number of rotatable bonds is 9. The lowest BCUT2D eigenvalue weighted by molar-refractivity contribution is -0.384. The number of amides is 2. The first-order chi connectivity index (χ1) is 13.4. The summed E-state index contributed by atoms with van der Waals surface area (Å²) >= 11 is 0. The monoisotopic (exact) mass is 384 g/mol. The lowest BCUT2D eigenvalue weighted by Gasteiger charge is -2.23. The molecule has 8 nitrogen and oxygen atoms in total. The molecule has 0 radical (unpaired) electrons. The molecular formula is C20H20N2O6. The van der Waals surface area contributed by atoms with E-state index in [1.54, 1.807) is 38.1 Å². The molecule has 0 aliphatic carbocycles. The van der Waals surface area contributed by atoms with Gasteiger partial charge >= 0.3 is 5.97 Å². The van der Waals surface area contributed by atoms with Gasteiger partial charge in [-0.2, -0.15) is 0 Å². The van der Waals surface area contributed by atoms with Crippen LogP contribution in [0.1, 0.15) is 19.4 Å². The molecule has 8 heteroatoms. The topological polar surface area (TPSA) is 107 Å². The van der Waals surface area contributed by atoms with Crippen LogP contribution in [0, 0.1) is 10.1 Å². The number of nitro groups is 1. The second-order valence-corrected chi connectivity index (χ2v) is 6.33. The normalized spacial score (nSPS) is 11.5. The highest BCUT2D eigenvalue weighted by molar-refractivity contribution is 5.85. The van der Waals surface area contributed by atoms with Crippen LogP contribution in [0.2, 0.25) is 0 Å². The van der Waals surface area contributed by atoms with Gasteiger partial charge in [-0.1, -0.05) is 36.4 Å². The van der Waals surface area contributed by atoms with E-state index >= 15 is 0 Å². The van der Waals surface area contributed by atoms with Crippen molar-refractivity contribution in [3.05, 3.63) is 64.2 Å². The van der Waals surface area contributed by atoms with Crippen LogP contribution >= 0.6 is 0 Å². The van der Waals surface area contributed by atoms with Crippen LogP contribution in [0.15, 0.2) is 48.5 Å². The second-order valence-electron chi connectivity index (χ2n) is 6.33. The zero-order chi connectivity index (χ0) is 20.7. The van der Waals surface area contributed by atoms with Gasteiger partial charge in [-0.25, -0.2) is 4.79 Å². The molecule has 0 heterocycles. The Morgan fingerprint density at radius 1 is 1.14 bits per heavy atom. The maximum Gasteiger partial charge on any atom is 0.329 e. The minimum atomic E-state index is -1.18. The molecule has 2 rings (SSSR count). The van der Waals surface area contributed by atoms with Gasteiger partial charge in [0, 0.05) is 18.6 Å². The third kappa shape index (κ3) is 5.00. The molecular weight excluding hydrogens is 364 g/mol. The minimum Gasteiger partial charge on any atom is -0.461 e. The standard InChI is InChI=1S/C20H20N2O6/c1-14(2)28-20(25)19(21(12-23)13-24)10-16-8-9-17(22(26)27)11-18(16)15-6-4-3-5-7-15/h3-9,11-14,19H,10H2,1-2H3/t19-/m0/s1. The fourth-order valence-corrected chi connectivity index (χ4v) is 2.74. The van der Waals surface area contributed by atoms with Crippen molar-refractivity contribution >= 4 is 24.5 Å². The van der Waals surface area contributed by atoms with Crippen LogP contribution < -0.4 is 0 Å². The number of carbonyl (C=O) groups is 3. The highest BCUT2D eigenvalue weighted by Gasteiger charge is 2.29. The molecule has 146 valence electrons. The molecule has 2 amide bonds. The third-order valence-electron chi connectivity index (χ3n) is 4.03. The Morgan fingerprint density at radius 3 is 2.32 bits per heavy atom. The van der Waals surface area contributed by atoms with E-state index in [1.807, 2.05) is 6.07 Å². The number of hydrogen-bond acceptors (Lipinski definition) is 6. The molecule has 28 heavy (non-hydrogen) atoms. The van der Waals surface area contributed by atoms with E-state index < -0.39 is 23.0 Å². The van der Waals surface area contributed by atoms with Gasteiger partial charge in [-0.3, -0.25) is 24.6 Å². The summed E-state index contributed by atoms with van der Waals surface area (Å²) in [5.74, 6) is -0.730. The fraction of sp³-hybridized carbons (Fsp3) is 0.250. The molecule has 0 spiro atoms. The number of benzene rings is 2. The Morgan fingerprint density at radius 2 is 1.79 bits per heavy atom. The Bertz CT molecular complexity index is 858. The number of esters is 1. The lowest BCUT2D eigenvalue weighted by atomic mass is 9.94. The minimum absolute atomic E-state index is 0.0365. The van der Waals surface area contributed by atoms with Crippen LogP contribution in [0.3, 0.4) is 0 Å². The highest BCUT2D eigenvalue weighted by Crippen LogP contribution is 2.29. The van der Waals surface area contributed by atoms with E-state index in [1.165, 1.54) is 18.2 Å². The zero-order valence-corrected chi connectivity index (χ0v) is 15.5. The first-order valence-electron chi connectivity index (χ1n) is 8.58. The van der Waals surface area contributed by atoms with Crippen LogP contribution in [0.5, 0.6) is 0 Å². The first kappa shape index (κ1) is 20.8. The average molecular weight is 384 g/mol. The molecule has 0 saturated heterocycles. The van der Waals surface area contributed by atoms with Crippen molar-refractivity contribution < 1.29 is 24.0 Å². The van der Waals surface area contributed by atoms with Gasteiger partial charge < -0.3 is 4.74 Å². The maximum absolute atomic E-state index is 12.5. The Hall–Kier alpha value is -3.55. The van der Waals surface area contributed by atoms with E-state index in [4.69, 9.17) is 4.74 Å². The van der Waals surface area contributed by atoms with E-state index in [-0.39, 0.29) is 24.9 Å². The summed E-state index contributed by atoms with van der Waals surface area (Å²) in [4.78, 5) is 46.3.